The van der Waals surface area contributed by atoms with Crippen LogP contribution in [0.5, 0.6) is 0 Å². The van der Waals surface area contributed by atoms with E-state index >= 15 is 0 Å². The number of ketones is 1. The van der Waals surface area contributed by atoms with E-state index in [4.69, 9.17) is 4.55 Å². The third kappa shape index (κ3) is 9.95. The van der Waals surface area contributed by atoms with E-state index in [2.05, 4.69) is 24.1 Å². The van der Waals surface area contributed by atoms with Crippen LogP contribution in [0.1, 0.15) is 58.3 Å². The first-order valence-electron chi connectivity index (χ1n) is 10.6. The van der Waals surface area contributed by atoms with Crippen molar-refractivity contribution in [3.8, 4) is 0 Å². The van der Waals surface area contributed by atoms with E-state index in [1.54, 1.807) is 0 Å². The highest BCUT2D eigenvalue weighted by molar-refractivity contribution is 7.85. The van der Waals surface area contributed by atoms with Crippen molar-refractivity contribution in [2.45, 2.75) is 64.4 Å². The third-order valence-electron chi connectivity index (χ3n) is 5.15. The highest BCUT2D eigenvalue weighted by Crippen LogP contribution is 2.19. The van der Waals surface area contributed by atoms with E-state index in [1.165, 1.54) is 25.7 Å². The number of nitrogens with zero attached hydrogens (tertiary/aromatic N) is 2. The van der Waals surface area contributed by atoms with Crippen molar-refractivity contribution in [1.29, 1.82) is 0 Å². The number of carbonyl (C=O) groups excluding carboxylic acids is 1. The number of hydrogen-bond acceptors (Lipinski definition) is 6. The zero-order chi connectivity index (χ0) is 21.8. The van der Waals surface area contributed by atoms with Gasteiger partial charge in [-0.25, -0.2) is 4.99 Å². The highest BCUT2D eigenvalue weighted by atomic mass is 32.2. The lowest BCUT2D eigenvalue weighted by Gasteiger charge is -2.34. The number of amidine groups is 1. The predicted molar refractivity (Wildman–Crippen MR) is 113 cm³/mol. The van der Waals surface area contributed by atoms with Gasteiger partial charge in [0.05, 0.1) is 13.2 Å². The summed E-state index contributed by atoms with van der Waals surface area (Å²) in [7, 11) is -4.33. The Bertz CT molecular complexity index is 662. The molecule has 0 aromatic carbocycles. The van der Waals surface area contributed by atoms with Crippen LogP contribution >= 0.6 is 0 Å². The van der Waals surface area contributed by atoms with Crippen molar-refractivity contribution in [2.24, 2.45) is 4.99 Å². The largest absolute Gasteiger partial charge is 0.390 e. The Morgan fingerprint density at radius 3 is 2.52 bits per heavy atom. The molecule has 29 heavy (non-hydrogen) atoms. The zero-order valence-electron chi connectivity index (χ0n) is 17.5. The summed E-state index contributed by atoms with van der Waals surface area (Å²) in [6.45, 7) is 2.86. The fraction of sp³-hybridized carbons (Fsp3) is 0.800. The van der Waals surface area contributed by atoms with Gasteiger partial charge in [-0.2, -0.15) is 8.42 Å². The molecule has 1 aliphatic heterocycles. The van der Waals surface area contributed by atoms with Crippen molar-refractivity contribution in [3.05, 3.63) is 12.2 Å². The summed E-state index contributed by atoms with van der Waals surface area (Å²) in [6, 6.07) is 0. The molecule has 0 radical (unpaired) electrons. The Hall–Kier alpha value is -1.13. The summed E-state index contributed by atoms with van der Waals surface area (Å²) in [5.41, 5.74) is 0. The number of aliphatic hydroxyl groups excluding tert-OH is 2. The first-order chi connectivity index (χ1) is 13.7. The first-order valence-corrected chi connectivity index (χ1v) is 12.2. The van der Waals surface area contributed by atoms with Crippen molar-refractivity contribution < 1.29 is 32.5 Å². The fourth-order valence-corrected chi connectivity index (χ4v) is 4.34. The Balaban J connectivity index is 2.55. The molecule has 8 nitrogen and oxygen atoms in total. The topological polar surface area (TPSA) is 124 Å². The van der Waals surface area contributed by atoms with E-state index in [0.717, 1.165) is 12.8 Å². The SMILES string of the molecule is CCCCCC/C=C/CCCC(=O)C1=NCC[N+]1(CCO)CC(O)CS(=O)(=O)O. The number of aliphatic imine (C=N–C) groups is 1. The summed E-state index contributed by atoms with van der Waals surface area (Å²) in [5, 5.41) is 19.5. The molecule has 0 amide bonds. The Morgan fingerprint density at radius 1 is 1.21 bits per heavy atom. The van der Waals surface area contributed by atoms with E-state index in [0.29, 0.717) is 25.9 Å². The van der Waals surface area contributed by atoms with E-state index in [1.807, 2.05) is 0 Å². The fourth-order valence-electron chi connectivity index (χ4n) is 3.75. The second kappa shape index (κ2) is 13.2. The number of carbonyl (C=O) groups is 1. The number of allylic oxidation sites excluding steroid dienone is 2. The highest BCUT2D eigenvalue weighted by Gasteiger charge is 2.43. The smallest absolute Gasteiger partial charge is 0.267 e. The molecule has 2 atom stereocenters. The summed E-state index contributed by atoms with van der Waals surface area (Å²) < 4.78 is 31.0. The molecule has 0 spiro atoms. The number of aliphatic hydroxyl groups is 2. The number of quaternary nitrogens is 1. The van der Waals surface area contributed by atoms with Crippen molar-refractivity contribution >= 4 is 21.7 Å². The lowest BCUT2D eigenvalue weighted by atomic mass is 10.1. The minimum atomic E-state index is -4.33. The van der Waals surface area contributed by atoms with Gasteiger partial charge >= 0.3 is 0 Å². The van der Waals surface area contributed by atoms with Crippen LogP contribution in [-0.2, 0) is 14.9 Å². The zero-order valence-corrected chi connectivity index (χ0v) is 18.3. The number of rotatable bonds is 16. The van der Waals surface area contributed by atoms with Crippen LogP contribution in [-0.4, -0.2) is 83.9 Å². The molecular formula is C20H37N2O6S+. The van der Waals surface area contributed by atoms with Gasteiger partial charge in [-0.1, -0.05) is 38.3 Å². The molecule has 1 aliphatic rings. The second-order valence-corrected chi connectivity index (χ2v) is 9.24. The van der Waals surface area contributed by atoms with Gasteiger partial charge in [0.2, 0.25) is 5.78 Å². The molecule has 0 aromatic heterocycles. The molecule has 0 bridgehead atoms. The summed E-state index contributed by atoms with van der Waals surface area (Å²) in [6.07, 6.45) is 10.7. The van der Waals surface area contributed by atoms with Crippen LogP contribution in [0, 0.1) is 0 Å². The van der Waals surface area contributed by atoms with E-state index in [-0.39, 0.29) is 35.8 Å². The molecule has 3 N–H and O–H groups in total. The van der Waals surface area contributed by atoms with Gasteiger partial charge in [0, 0.05) is 6.42 Å². The Kier molecular flexibility index (Phi) is 11.8. The molecule has 2 unspecified atom stereocenters. The lowest BCUT2D eigenvalue weighted by Crippen LogP contribution is -2.59. The minimum absolute atomic E-state index is 0.0424. The lowest BCUT2D eigenvalue weighted by molar-refractivity contribution is -0.837. The molecule has 0 aliphatic carbocycles. The molecule has 168 valence electrons. The maximum Gasteiger partial charge on any atom is 0.267 e. The van der Waals surface area contributed by atoms with Crippen LogP contribution < -0.4 is 0 Å². The number of Topliss-reactive ketones (excluding diaryl/α,β-unsaturated/α-hetero) is 1. The average Bonchev–Trinajstić information content (AvgIpc) is 3.01. The molecule has 9 heteroatoms. The van der Waals surface area contributed by atoms with Gasteiger partial charge in [0.15, 0.2) is 0 Å². The van der Waals surface area contributed by atoms with Crippen LogP contribution in [0.25, 0.3) is 0 Å². The molecule has 1 heterocycles. The van der Waals surface area contributed by atoms with Crippen molar-refractivity contribution in [3.63, 3.8) is 0 Å². The Labute approximate surface area is 174 Å². The first kappa shape index (κ1) is 25.9. The normalized spacial score (nSPS) is 20.9. The summed E-state index contributed by atoms with van der Waals surface area (Å²) in [5.74, 6) is -0.647. The van der Waals surface area contributed by atoms with Crippen LogP contribution in [0.2, 0.25) is 0 Å². The number of hydrogen-bond donors (Lipinski definition) is 3. The molecular weight excluding hydrogens is 396 g/mol. The van der Waals surface area contributed by atoms with E-state index < -0.39 is 22.0 Å². The van der Waals surface area contributed by atoms with Crippen LogP contribution in [0.4, 0.5) is 0 Å². The molecule has 0 fully saturated rings. The van der Waals surface area contributed by atoms with Gasteiger partial charge in [-0.05, 0) is 25.7 Å². The molecule has 0 saturated heterocycles. The summed E-state index contributed by atoms with van der Waals surface area (Å²) >= 11 is 0. The van der Waals surface area contributed by atoms with E-state index in [9.17, 15) is 23.4 Å². The standard InChI is InChI=1S/C20H36N2O6S/c1-2-3-4-5-6-7-8-9-10-11-19(25)20-21-12-13-22(20,14-15-23)16-18(24)17-29(26,27)28/h7-8,18,23-24H,2-6,9-17H2,1H3/p+1/b8-7+. The molecule has 1 rings (SSSR count). The van der Waals surface area contributed by atoms with Crippen LogP contribution in [0.3, 0.4) is 0 Å². The van der Waals surface area contributed by atoms with Crippen molar-refractivity contribution in [2.75, 3.05) is 38.5 Å². The predicted octanol–water partition coefficient (Wildman–Crippen LogP) is 1.72. The average molecular weight is 434 g/mol. The van der Waals surface area contributed by atoms with Gasteiger partial charge in [0.25, 0.3) is 16.0 Å². The monoisotopic (exact) mass is 433 g/mol. The maximum atomic E-state index is 12.7. The van der Waals surface area contributed by atoms with Gasteiger partial charge in [-0.3, -0.25) is 13.8 Å². The van der Waals surface area contributed by atoms with Gasteiger partial charge in [-0.15, -0.1) is 0 Å². The third-order valence-corrected chi connectivity index (χ3v) is 5.95. The maximum absolute atomic E-state index is 12.7. The molecule has 0 saturated carbocycles. The minimum Gasteiger partial charge on any atom is -0.390 e. The van der Waals surface area contributed by atoms with Crippen LogP contribution in [0.15, 0.2) is 17.1 Å². The quantitative estimate of drug-likeness (QED) is 0.147. The van der Waals surface area contributed by atoms with Gasteiger partial charge in [0.1, 0.15) is 31.5 Å². The number of unbranched alkanes of at least 4 members (excludes halogenated alkanes) is 5. The Morgan fingerprint density at radius 2 is 1.90 bits per heavy atom. The summed E-state index contributed by atoms with van der Waals surface area (Å²) in [4.78, 5) is 17.0. The molecule has 0 aromatic rings. The van der Waals surface area contributed by atoms with Gasteiger partial charge < -0.3 is 10.2 Å². The second-order valence-electron chi connectivity index (χ2n) is 7.74. The van der Waals surface area contributed by atoms with Crippen molar-refractivity contribution in [1.82, 2.24) is 0 Å².